The Morgan fingerprint density at radius 1 is 1.35 bits per heavy atom. The molecule has 0 aliphatic heterocycles. The number of rotatable bonds is 4. The maximum absolute atomic E-state index is 12.3. The molecule has 0 spiro atoms. The van der Waals surface area contributed by atoms with Crippen molar-refractivity contribution in [2.45, 2.75) is 45.6 Å². The molecule has 1 aromatic rings. The standard InChI is InChI=1S/C16H23NO3/c1-3-19-15-12(8-6-9-13(15)17)16(18)20-14-10-5-4-7-11(14)2/h6,8-9,11,14H,3-5,7,10,17H2,1-2H3. The van der Waals surface area contributed by atoms with Gasteiger partial charge in [0.15, 0.2) is 5.75 Å². The van der Waals surface area contributed by atoms with Gasteiger partial charge in [0.25, 0.3) is 0 Å². The number of carbonyl (C=O) groups excluding carboxylic acids is 1. The third-order valence-corrected chi connectivity index (χ3v) is 3.85. The highest BCUT2D eigenvalue weighted by molar-refractivity contribution is 5.94. The fourth-order valence-electron chi connectivity index (χ4n) is 2.68. The molecule has 0 amide bonds. The Bertz CT molecular complexity index is 473. The molecule has 1 fully saturated rings. The SMILES string of the molecule is CCOc1c(N)cccc1C(=O)OC1CCCCC1C. The van der Waals surface area contributed by atoms with Crippen LogP contribution in [0, 0.1) is 5.92 Å². The van der Waals surface area contributed by atoms with Crippen LogP contribution < -0.4 is 10.5 Å². The van der Waals surface area contributed by atoms with Crippen molar-refractivity contribution < 1.29 is 14.3 Å². The summed E-state index contributed by atoms with van der Waals surface area (Å²) in [5.74, 6) is 0.521. The fourth-order valence-corrected chi connectivity index (χ4v) is 2.68. The summed E-state index contributed by atoms with van der Waals surface area (Å²) in [5.41, 5.74) is 6.76. The Morgan fingerprint density at radius 2 is 2.10 bits per heavy atom. The van der Waals surface area contributed by atoms with Crippen molar-refractivity contribution in [2.75, 3.05) is 12.3 Å². The molecular weight excluding hydrogens is 254 g/mol. The van der Waals surface area contributed by atoms with Crippen LogP contribution >= 0.6 is 0 Å². The van der Waals surface area contributed by atoms with Gasteiger partial charge in [0.1, 0.15) is 11.7 Å². The number of carbonyl (C=O) groups is 1. The van der Waals surface area contributed by atoms with Crippen LogP contribution in [0.25, 0.3) is 0 Å². The number of ether oxygens (including phenoxy) is 2. The monoisotopic (exact) mass is 277 g/mol. The number of anilines is 1. The fraction of sp³-hybridized carbons (Fsp3) is 0.562. The van der Waals surface area contributed by atoms with Crippen molar-refractivity contribution >= 4 is 11.7 Å². The summed E-state index contributed by atoms with van der Waals surface area (Å²) in [6, 6.07) is 5.18. The highest BCUT2D eigenvalue weighted by Gasteiger charge is 2.26. The van der Waals surface area contributed by atoms with E-state index in [4.69, 9.17) is 15.2 Å². The lowest BCUT2D eigenvalue weighted by Gasteiger charge is -2.28. The molecule has 0 aromatic heterocycles. The van der Waals surface area contributed by atoms with E-state index < -0.39 is 0 Å². The maximum Gasteiger partial charge on any atom is 0.342 e. The van der Waals surface area contributed by atoms with Crippen molar-refractivity contribution in [2.24, 2.45) is 5.92 Å². The Labute approximate surface area is 120 Å². The van der Waals surface area contributed by atoms with Crippen molar-refractivity contribution in [1.29, 1.82) is 0 Å². The molecule has 0 bridgehead atoms. The number of benzene rings is 1. The predicted octanol–water partition coefficient (Wildman–Crippen LogP) is 3.40. The third kappa shape index (κ3) is 3.24. The lowest BCUT2D eigenvalue weighted by Crippen LogP contribution is -2.28. The molecular formula is C16H23NO3. The van der Waals surface area contributed by atoms with Crippen LogP contribution in [0.3, 0.4) is 0 Å². The highest BCUT2D eigenvalue weighted by atomic mass is 16.5. The number of hydrogen-bond donors (Lipinski definition) is 1. The number of hydrogen-bond acceptors (Lipinski definition) is 4. The van der Waals surface area contributed by atoms with E-state index in [2.05, 4.69) is 6.92 Å². The molecule has 4 nitrogen and oxygen atoms in total. The minimum Gasteiger partial charge on any atom is -0.491 e. The zero-order valence-electron chi connectivity index (χ0n) is 12.2. The quantitative estimate of drug-likeness (QED) is 0.676. The van der Waals surface area contributed by atoms with E-state index in [9.17, 15) is 4.79 Å². The summed E-state index contributed by atoms with van der Waals surface area (Å²) in [7, 11) is 0. The molecule has 0 heterocycles. The Hall–Kier alpha value is -1.71. The second-order valence-electron chi connectivity index (χ2n) is 5.36. The molecule has 2 atom stereocenters. The molecule has 0 saturated heterocycles. The van der Waals surface area contributed by atoms with Gasteiger partial charge in [0.2, 0.25) is 0 Å². The van der Waals surface area contributed by atoms with Gasteiger partial charge in [-0.3, -0.25) is 0 Å². The van der Waals surface area contributed by atoms with Gasteiger partial charge in [-0.05, 0) is 44.2 Å². The molecule has 2 N–H and O–H groups in total. The van der Waals surface area contributed by atoms with E-state index in [0.29, 0.717) is 29.5 Å². The molecule has 1 aliphatic rings. The van der Waals surface area contributed by atoms with Crippen molar-refractivity contribution in [3.05, 3.63) is 23.8 Å². The van der Waals surface area contributed by atoms with Gasteiger partial charge in [-0.25, -0.2) is 4.79 Å². The predicted molar refractivity (Wildman–Crippen MR) is 78.9 cm³/mol. The first-order valence-corrected chi connectivity index (χ1v) is 7.35. The summed E-state index contributed by atoms with van der Waals surface area (Å²) < 4.78 is 11.1. The lowest BCUT2D eigenvalue weighted by molar-refractivity contribution is 0.00449. The van der Waals surface area contributed by atoms with Crippen LogP contribution in [0.4, 0.5) is 5.69 Å². The highest BCUT2D eigenvalue weighted by Crippen LogP contribution is 2.30. The van der Waals surface area contributed by atoms with Gasteiger partial charge >= 0.3 is 5.97 Å². The molecule has 0 radical (unpaired) electrons. The topological polar surface area (TPSA) is 61.5 Å². The van der Waals surface area contributed by atoms with Crippen LogP contribution in [-0.4, -0.2) is 18.7 Å². The average Bonchev–Trinajstić information content (AvgIpc) is 2.43. The second-order valence-corrected chi connectivity index (χ2v) is 5.36. The van der Waals surface area contributed by atoms with Gasteiger partial charge in [-0.2, -0.15) is 0 Å². The van der Waals surface area contributed by atoms with Crippen molar-refractivity contribution in [3.8, 4) is 5.75 Å². The minimum absolute atomic E-state index is 0.00663. The normalized spacial score (nSPS) is 22.3. The molecule has 1 saturated carbocycles. The van der Waals surface area contributed by atoms with E-state index in [1.54, 1.807) is 18.2 Å². The Balaban J connectivity index is 2.14. The van der Waals surface area contributed by atoms with Gasteiger partial charge < -0.3 is 15.2 Å². The van der Waals surface area contributed by atoms with Crippen LogP contribution in [0.1, 0.15) is 49.9 Å². The van der Waals surface area contributed by atoms with E-state index in [0.717, 1.165) is 19.3 Å². The van der Waals surface area contributed by atoms with Crippen LogP contribution in [0.5, 0.6) is 5.75 Å². The summed E-state index contributed by atoms with van der Waals surface area (Å²) in [6.45, 7) is 4.47. The first-order valence-electron chi connectivity index (χ1n) is 7.35. The van der Waals surface area contributed by atoms with E-state index in [1.807, 2.05) is 6.92 Å². The van der Waals surface area contributed by atoms with Gasteiger partial charge in [0, 0.05) is 0 Å². The summed E-state index contributed by atoms with van der Waals surface area (Å²) in [6.07, 6.45) is 4.41. The Kier molecular flexibility index (Phi) is 4.88. The molecule has 20 heavy (non-hydrogen) atoms. The van der Waals surface area contributed by atoms with Crippen LogP contribution in [0.2, 0.25) is 0 Å². The maximum atomic E-state index is 12.3. The molecule has 2 rings (SSSR count). The number of nitrogens with two attached hydrogens (primary N) is 1. The molecule has 1 aliphatic carbocycles. The smallest absolute Gasteiger partial charge is 0.342 e. The third-order valence-electron chi connectivity index (χ3n) is 3.85. The molecule has 2 unspecified atom stereocenters. The lowest BCUT2D eigenvalue weighted by atomic mass is 9.88. The first-order chi connectivity index (χ1) is 9.63. The molecule has 110 valence electrons. The molecule has 1 aromatic carbocycles. The van der Waals surface area contributed by atoms with Gasteiger partial charge in [-0.15, -0.1) is 0 Å². The van der Waals surface area contributed by atoms with Gasteiger partial charge in [-0.1, -0.05) is 19.4 Å². The van der Waals surface area contributed by atoms with Crippen molar-refractivity contribution in [1.82, 2.24) is 0 Å². The van der Waals surface area contributed by atoms with Crippen LogP contribution in [-0.2, 0) is 4.74 Å². The number of para-hydroxylation sites is 1. The zero-order valence-corrected chi connectivity index (χ0v) is 12.2. The number of esters is 1. The minimum atomic E-state index is -0.334. The molecule has 4 heteroatoms. The van der Waals surface area contributed by atoms with E-state index in [1.165, 1.54) is 6.42 Å². The zero-order chi connectivity index (χ0) is 14.5. The van der Waals surface area contributed by atoms with E-state index >= 15 is 0 Å². The second kappa shape index (κ2) is 6.64. The van der Waals surface area contributed by atoms with Gasteiger partial charge in [0.05, 0.1) is 12.3 Å². The number of nitrogen functional groups attached to an aromatic ring is 1. The summed E-state index contributed by atoms with van der Waals surface area (Å²) in [5, 5.41) is 0. The largest absolute Gasteiger partial charge is 0.491 e. The summed E-state index contributed by atoms with van der Waals surface area (Å²) >= 11 is 0. The summed E-state index contributed by atoms with van der Waals surface area (Å²) in [4.78, 5) is 12.3. The average molecular weight is 277 g/mol. The van der Waals surface area contributed by atoms with E-state index in [-0.39, 0.29) is 12.1 Å². The first kappa shape index (κ1) is 14.7. The Morgan fingerprint density at radius 3 is 2.80 bits per heavy atom. The van der Waals surface area contributed by atoms with Crippen molar-refractivity contribution in [3.63, 3.8) is 0 Å². The van der Waals surface area contributed by atoms with Crippen LogP contribution in [0.15, 0.2) is 18.2 Å².